The van der Waals surface area contributed by atoms with Crippen LogP contribution >= 0.6 is 11.6 Å². The quantitative estimate of drug-likeness (QED) is 0.358. The lowest BCUT2D eigenvalue weighted by Crippen LogP contribution is -2.45. The smallest absolute Gasteiger partial charge is 0.407 e. The van der Waals surface area contributed by atoms with Crippen molar-refractivity contribution in [1.82, 2.24) is 20.2 Å². The number of benzene rings is 2. The Morgan fingerprint density at radius 2 is 1.88 bits per heavy atom. The summed E-state index contributed by atoms with van der Waals surface area (Å²) in [5.74, 6) is 1.36. The molecule has 1 amide bonds. The van der Waals surface area contributed by atoms with E-state index in [1.165, 1.54) is 16.7 Å². The third-order valence-corrected chi connectivity index (χ3v) is 9.05. The van der Waals surface area contributed by atoms with Gasteiger partial charge in [0, 0.05) is 47.7 Å². The normalized spacial score (nSPS) is 19.7. The maximum Gasteiger partial charge on any atom is 0.407 e. The van der Waals surface area contributed by atoms with Crippen LogP contribution in [-0.2, 0) is 23.2 Å². The van der Waals surface area contributed by atoms with E-state index in [9.17, 15) is 4.79 Å². The number of rotatable bonds is 5. The van der Waals surface area contributed by atoms with Crippen LogP contribution < -0.4 is 10.2 Å². The van der Waals surface area contributed by atoms with E-state index in [0.29, 0.717) is 17.5 Å². The highest BCUT2D eigenvalue weighted by Gasteiger charge is 2.48. The van der Waals surface area contributed by atoms with Gasteiger partial charge in [-0.15, -0.1) is 0 Å². The largest absolute Gasteiger partial charge is 0.444 e. The highest BCUT2D eigenvalue weighted by molar-refractivity contribution is 6.31. The third kappa shape index (κ3) is 5.54. The zero-order valence-electron chi connectivity index (χ0n) is 24.4. The number of fused-ring (bicyclic) bond motifs is 3. The fourth-order valence-corrected chi connectivity index (χ4v) is 7.00. The fraction of sp³-hybridized carbons (Fsp3) is 0.455. The molecule has 1 fully saturated rings. The van der Waals surface area contributed by atoms with Gasteiger partial charge in [0.15, 0.2) is 0 Å². The van der Waals surface area contributed by atoms with Crippen molar-refractivity contribution in [2.45, 2.75) is 77.0 Å². The van der Waals surface area contributed by atoms with E-state index >= 15 is 0 Å². The number of halogens is 1. The van der Waals surface area contributed by atoms with Crippen LogP contribution in [0.3, 0.4) is 0 Å². The Kier molecular flexibility index (Phi) is 7.45. The van der Waals surface area contributed by atoms with Gasteiger partial charge in [0.1, 0.15) is 17.7 Å². The van der Waals surface area contributed by atoms with Crippen LogP contribution in [0, 0.1) is 6.42 Å². The number of piperidine rings is 1. The van der Waals surface area contributed by atoms with Gasteiger partial charge in [-0.25, -0.2) is 14.8 Å². The molecule has 2 aromatic carbocycles. The summed E-state index contributed by atoms with van der Waals surface area (Å²) in [5.41, 5.74) is 6.26. The van der Waals surface area contributed by atoms with Gasteiger partial charge in [0.05, 0.1) is 5.69 Å². The summed E-state index contributed by atoms with van der Waals surface area (Å²) in [7, 11) is 0. The Morgan fingerprint density at radius 1 is 1.12 bits per heavy atom. The summed E-state index contributed by atoms with van der Waals surface area (Å²) in [4.78, 5) is 27.0. The second kappa shape index (κ2) is 10.9. The summed E-state index contributed by atoms with van der Waals surface area (Å²) in [6, 6.07) is 14.8. The predicted octanol–water partition coefficient (Wildman–Crippen LogP) is 6.90. The Balaban J connectivity index is 1.36. The standard InChI is InChI=1S/C33H39ClN5O2/c1-22-10-12-26-28(22)30(37-21-36-26)39-20-33(14-16-38(17-15-33)19-23-8-6-5-7-9-23)29-24(25(34)11-13-27(29)39)18-35-31(40)41-32(2,3)4/h5-9,11-13,21-22H,10,14-20H2,1-4H3,(H,35,40)/t22-/m1/s1. The van der Waals surface area contributed by atoms with Crippen molar-refractivity contribution >= 4 is 29.2 Å². The average molecular weight is 573 g/mol. The molecule has 3 aliphatic rings. The molecule has 2 aliphatic heterocycles. The molecular formula is C33H39ClN5O2. The van der Waals surface area contributed by atoms with Crippen molar-refractivity contribution in [1.29, 1.82) is 0 Å². The van der Waals surface area contributed by atoms with Gasteiger partial charge in [-0.05, 0) is 87.9 Å². The molecule has 1 aromatic heterocycles. The van der Waals surface area contributed by atoms with Crippen molar-refractivity contribution in [2.24, 2.45) is 0 Å². The first-order valence-electron chi connectivity index (χ1n) is 14.6. The zero-order chi connectivity index (χ0) is 28.8. The molecule has 3 aromatic rings. The van der Waals surface area contributed by atoms with Gasteiger partial charge in [-0.2, -0.15) is 0 Å². The number of carbonyl (C=O) groups excluding carboxylic acids is 1. The number of amides is 1. The number of hydrogen-bond acceptors (Lipinski definition) is 6. The molecule has 7 nitrogen and oxygen atoms in total. The first-order chi connectivity index (χ1) is 19.6. The van der Waals surface area contributed by atoms with E-state index < -0.39 is 11.7 Å². The molecule has 1 saturated heterocycles. The molecule has 41 heavy (non-hydrogen) atoms. The van der Waals surface area contributed by atoms with Crippen LogP contribution in [0.5, 0.6) is 0 Å². The van der Waals surface area contributed by atoms with Crippen molar-refractivity contribution in [3.63, 3.8) is 0 Å². The van der Waals surface area contributed by atoms with Gasteiger partial charge in [0.2, 0.25) is 0 Å². The van der Waals surface area contributed by atoms with Crippen LogP contribution in [0.1, 0.15) is 80.8 Å². The van der Waals surface area contributed by atoms with Crippen LogP contribution in [0.25, 0.3) is 0 Å². The number of alkyl carbamates (subject to hydrolysis) is 1. The van der Waals surface area contributed by atoms with Crippen molar-refractivity contribution in [3.05, 3.63) is 88.2 Å². The monoisotopic (exact) mass is 572 g/mol. The molecule has 0 unspecified atom stereocenters. The van der Waals surface area contributed by atoms with Gasteiger partial charge < -0.3 is 15.0 Å². The SMILES string of the molecule is C[C@@H]1C[CH]c2ncnc(N3CC4(CCN(Cc5ccccc5)CC4)c4c3ccc(Cl)c4CNC(=O)OC(C)(C)C)c21. The molecule has 1 atom stereocenters. The molecular weight excluding hydrogens is 534 g/mol. The fourth-order valence-electron chi connectivity index (χ4n) is 6.78. The van der Waals surface area contributed by atoms with E-state index in [2.05, 4.69) is 69.8 Å². The highest BCUT2D eigenvalue weighted by Crippen LogP contribution is 2.54. The van der Waals surface area contributed by atoms with Gasteiger partial charge >= 0.3 is 6.09 Å². The number of anilines is 2. The first kappa shape index (κ1) is 28.0. The minimum Gasteiger partial charge on any atom is -0.444 e. The summed E-state index contributed by atoms with van der Waals surface area (Å²) in [6.45, 7) is 11.9. The second-order valence-electron chi connectivity index (χ2n) is 12.7. The minimum atomic E-state index is -0.572. The van der Waals surface area contributed by atoms with E-state index in [0.717, 1.165) is 68.2 Å². The minimum absolute atomic E-state index is 0.109. The number of nitrogens with one attached hydrogen (secondary N) is 1. The van der Waals surface area contributed by atoms with Crippen LogP contribution in [-0.4, -0.2) is 46.2 Å². The molecule has 1 N–H and O–H groups in total. The van der Waals surface area contributed by atoms with Crippen molar-refractivity contribution in [2.75, 3.05) is 24.5 Å². The molecule has 215 valence electrons. The summed E-state index contributed by atoms with van der Waals surface area (Å²) >= 11 is 6.92. The average Bonchev–Trinajstić information content (AvgIpc) is 3.47. The van der Waals surface area contributed by atoms with E-state index in [-0.39, 0.29) is 5.41 Å². The van der Waals surface area contributed by atoms with Crippen molar-refractivity contribution in [3.8, 4) is 0 Å². The maximum absolute atomic E-state index is 12.7. The Bertz CT molecular complexity index is 1430. The number of ether oxygens (including phenoxy) is 1. The number of nitrogens with zero attached hydrogens (tertiary/aromatic N) is 4. The predicted molar refractivity (Wildman–Crippen MR) is 163 cm³/mol. The molecule has 1 spiro atoms. The number of hydrogen-bond donors (Lipinski definition) is 1. The zero-order valence-corrected chi connectivity index (χ0v) is 25.2. The van der Waals surface area contributed by atoms with Gasteiger partial charge in [-0.3, -0.25) is 4.90 Å². The third-order valence-electron chi connectivity index (χ3n) is 8.69. The molecule has 0 saturated carbocycles. The highest BCUT2D eigenvalue weighted by atomic mass is 35.5. The topological polar surface area (TPSA) is 70.6 Å². The summed E-state index contributed by atoms with van der Waals surface area (Å²) in [5, 5.41) is 3.66. The summed E-state index contributed by atoms with van der Waals surface area (Å²) < 4.78 is 5.55. The lowest BCUT2D eigenvalue weighted by Gasteiger charge is -2.41. The lowest BCUT2D eigenvalue weighted by molar-refractivity contribution is 0.0523. The number of likely N-dealkylation sites (tertiary alicyclic amines) is 1. The van der Waals surface area contributed by atoms with Crippen LogP contribution in [0.4, 0.5) is 16.3 Å². The van der Waals surface area contributed by atoms with Crippen LogP contribution in [0.2, 0.25) is 5.02 Å². The Hall–Kier alpha value is -3.16. The van der Waals surface area contributed by atoms with Gasteiger partial charge in [0.25, 0.3) is 0 Å². The molecule has 1 radical (unpaired) electrons. The second-order valence-corrected chi connectivity index (χ2v) is 13.1. The first-order valence-corrected chi connectivity index (χ1v) is 15.0. The number of aromatic nitrogens is 2. The molecule has 6 rings (SSSR count). The van der Waals surface area contributed by atoms with E-state index in [1.807, 2.05) is 26.8 Å². The van der Waals surface area contributed by atoms with Gasteiger partial charge in [-0.1, -0.05) is 48.9 Å². The van der Waals surface area contributed by atoms with E-state index in [4.69, 9.17) is 21.3 Å². The van der Waals surface area contributed by atoms with E-state index in [1.54, 1.807) is 6.33 Å². The molecule has 0 bridgehead atoms. The Labute approximate surface area is 248 Å². The maximum atomic E-state index is 12.7. The summed E-state index contributed by atoms with van der Waals surface area (Å²) in [6.07, 6.45) is 6.45. The number of carbonyl (C=O) groups is 1. The van der Waals surface area contributed by atoms with Crippen molar-refractivity contribution < 1.29 is 9.53 Å². The Morgan fingerprint density at radius 3 is 2.61 bits per heavy atom. The lowest BCUT2D eigenvalue weighted by atomic mass is 9.72. The molecule has 1 aliphatic carbocycles. The molecule has 8 heteroatoms. The van der Waals surface area contributed by atoms with Crippen LogP contribution in [0.15, 0.2) is 48.8 Å². The molecule has 3 heterocycles.